The van der Waals surface area contributed by atoms with Crippen molar-refractivity contribution >= 4 is 44.6 Å². The number of rotatable bonds is 6. The van der Waals surface area contributed by atoms with Crippen LogP contribution in [0, 0.1) is 0 Å². The average molecular weight is 373 g/mol. The Balaban J connectivity index is 2.11. The number of carbonyl (C=O) groups is 1. The zero-order chi connectivity index (χ0) is 17.0. The van der Waals surface area contributed by atoms with Crippen LogP contribution in [0.25, 0.3) is 0 Å². The second-order valence-electron chi connectivity index (χ2n) is 4.98. The zero-order valence-electron chi connectivity index (χ0n) is 12.7. The second kappa shape index (κ2) is 7.33. The Labute approximate surface area is 144 Å². The minimum absolute atomic E-state index is 0.108. The standard InChI is InChI=1S/C15H17ClN2O3S2/c1-3-18(10-13-8-9-14(16)22-13)15(19)11-4-6-12(7-5-11)17-23(2,20)21/h4-9,17H,3,10H2,1-2H3. The number of sulfonamides is 1. The van der Waals surface area contributed by atoms with E-state index < -0.39 is 10.0 Å². The predicted octanol–water partition coefficient (Wildman–Crippen LogP) is 3.44. The number of nitrogens with one attached hydrogen (secondary N) is 1. The number of halogens is 1. The van der Waals surface area contributed by atoms with Gasteiger partial charge in [0, 0.05) is 22.7 Å². The third-order valence-corrected chi connectivity index (χ3v) is 4.90. The van der Waals surface area contributed by atoms with Crippen LogP contribution >= 0.6 is 22.9 Å². The molecular weight excluding hydrogens is 356 g/mol. The van der Waals surface area contributed by atoms with Crippen LogP contribution in [0.4, 0.5) is 5.69 Å². The largest absolute Gasteiger partial charge is 0.334 e. The van der Waals surface area contributed by atoms with Crippen LogP contribution in [0.1, 0.15) is 22.2 Å². The predicted molar refractivity (Wildman–Crippen MR) is 94.7 cm³/mol. The van der Waals surface area contributed by atoms with Gasteiger partial charge in [0.25, 0.3) is 5.91 Å². The summed E-state index contributed by atoms with van der Waals surface area (Å²) in [6, 6.07) is 10.1. The lowest BCUT2D eigenvalue weighted by molar-refractivity contribution is 0.0754. The SMILES string of the molecule is CCN(Cc1ccc(Cl)s1)C(=O)c1ccc(NS(C)(=O)=O)cc1. The van der Waals surface area contributed by atoms with E-state index in [9.17, 15) is 13.2 Å². The van der Waals surface area contributed by atoms with E-state index in [1.807, 2.05) is 19.1 Å². The van der Waals surface area contributed by atoms with E-state index in [1.54, 1.807) is 29.2 Å². The maximum atomic E-state index is 12.5. The Bertz CT molecular complexity index is 785. The molecule has 0 bridgehead atoms. The third kappa shape index (κ3) is 5.23. The summed E-state index contributed by atoms with van der Waals surface area (Å²) in [5, 5.41) is 0. The van der Waals surface area contributed by atoms with Gasteiger partial charge in [-0.25, -0.2) is 8.42 Å². The van der Waals surface area contributed by atoms with Crippen LogP contribution in [0.3, 0.4) is 0 Å². The van der Waals surface area contributed by atoms with E-state index in [1.165, 1.54) is 11.3 Å². The van der Waals surface area contributed by atoms with Crippen molar-refractivity contribution in [2.45, 2.75) is 13.5 Å². The molecule has 1 amide bonds. The van der Waals surface area contributed by atoms with E-state index in [0.29, 0.717) is 28.7 Å². The molecule has 5 nitrogen and oxygen atoms in total. The lowest BCUT2D eigenvalue weighted by Gasteiger charge is -2.20. The number of nitrogens with zero attached hydrogens (tertiary/aromatic N) is 1. The molecule has 0 radical (unpaired) electrons. The molecule has 0 unspecified atom stereocenters. The van der Waals surface area contributed by atoms with Gasteiger partial charge in [-0.15, -0.1) is 11.3 Å². The van der Waals surface area contributed by atoms with Gasteiger partial charge in [0.1, 0.15) is 0 Å². The highest BCUT2D eigenvalue weighted by Gasteiger charge is 2.15. The lowest BCUT2D eigenvalue weighted by atomic mass is 10.2. The van der Waals surface area contributed by atoms with Gasteiger partial charge >= 0.3 is 0 Å². The molecule has 0 atom stereocenters. The molecule has 1 heterocycles. The second-order valence-corrected chi connectivity index (χ2v) is 8.52. The molecule has 0 fully saturated rings. The van der Waals surface area contributed by atoms with Crippen LogP contribution in [0.5, 0.6) is 0 Å². The molecule has 0 saturated heterocycles. The van der Waals surface area contributed by atoms with Gasteiger partial charge in [-0.05, 0) is 43.3 Å². The fraction of sp³-hybridized carbons (Fsp3) is 0.267. The van der Waals surface area contributed by atoms with Crippen LogP contribution in [0.2, 0.25) is 4.34 Å². The van der Waals surface area contributed by atoms with E-state index >= 15 is 0 Å². The van der Waals surface area contributed by atoms with Crippen LogP contribution in [-0.4, -0.2) is 32.0 Å². The number of thiophene rings is 1. The van der Waals surface area contributed by atoms with E-state index in [2.05, 4.69) is 4.72 Å². The molecule has 23 heavy (non-hydrogen) atoms. The van der Waals surface area contributed by atoms with Crippen LogP contribution in [0.15, 0.2) is 36.4 Å². The van der Waals surface area contributed by atoms with Crippen molar-refractivity contribution < 1.29 is 13.2 Å². The molecular formula is C15H17ClN2O3S2. The van der Waals surface area contributed by atoms with E-state index in [4.69, 9.17) is 11.6 Å². The molecule has 0 aliphatic rings. The van der Waals surface area contributed by atoms with Crippen molar-refractivity contribution in [3.05, 3.63) is 51.2 Å². The van der Waals surface area contributed by atoms with Gasteiger partial charge in [-0.3, -0.25) is 9.52 Å². The van der Waals surface area contributed by atoms with Crippen LogP contribution in [-0.2, 0) is 16.6 Å². The van der Waals surface area contributed by atoms with Crippen molar-refractivity contribution in [2.75, 3.05) is 17.5 Å². The molecule has 1 aromatic carbocycles. The van der Waals surface area contributed by atoms with Gasteiger partial charge in [0.05, 0.1) is 17.1 Å². The summed E-state index contributed by atoms with van der Waals surface area (Å²) in [6.45, 7) is 2.97. The first-order chi connectivity index (χ1) is 10.8. The fourth-order valence-corrected chi connectivity index (χ4v) is 3.70. The molecule has 1 aromatic heterocycles. The molecule has 0 aliphatic heterocycles. The number of amides is 1. The average Bonchev–Trinajstić information content (AvgIpc) is 2.88. The van der Waals surface area contributed by atoms with E-state index in [0.717, 1.165) is 11.1 Å². The Morgan fingerprint density at radius 1 is 1.22 bits per heavy atom. The highest BCUT2D eigenvalue weighted by molar-refractivity contribution is 7.92. The normalized spacial score (nSPS) is 11.3. The number of hydrogen-bond acceptors (Lipinski definition) is 4. The smallest absolute Gasteiger partial charge is 0.254 e. The van der Waals surface area contributed by atoms with Gasteiger partial charge < -0.3 is 4.90 Å². The molecule has 8 heteroatoms. The molecule has 0 aliphatic carbocycles. The number of anilines is 1. The summed E-state index contributed by atoms with van der Waals surface area (Å²) in [5.74, 6) is -0.108. The Morgan fingerprint density at radius 3 is 2.35 bits per heavy atom. The Kier molecular flexibility index (Phi) is 5.67. The first kappa shape index (κ1) is 17.8. The maximum absolute atomic E-state index is 12.5. The lowest BCUT2D eigenvalue weighted by Crippen LogP contribution is -2.29. The van der Waals surface area contributed by atoms with Crippen LogP contribution < -0.4 is 4.72 Å². The summed E-state index contributed by atoms with van der Waals surface area (Å²) in [7, 11) is -3.33. The number of carbonyl (C=O) groups excluding carboxylic acids is 1. The molecule has 2 rings (SSSR count). The number of benzene rings is 1. The van der Waals surface area contributed by atoms with Gasteiger partial charge in [0.15, 0.2) is 0 Å². The number of hydrogen-bond donors (Lipinski definition) is 1. The quantitative estimate of drug-likeness (QED) is 0.844. The van der Waals surface area contributed by atoms with Gasteiger partial charge in [-0.1, -0.05) is 11.6 Å². The summed E-state index contributed by atoms with van der Waals surface area (Å²) in [4.78, 5) is 15.3. The zero-order valence-corrected chi connectivity index (χ0v) is 15.1. The fourth-order valence-electron chi connectivity index (χ4n) is 2.03. The molecule has 2 aromatic rings. The highest BCUT2D eigenvalue weighted by atomic mass is 35.5. The topological polar surface area (TPSA) is 66.5 Å². The highest BCUT2D eigenvalue weighted by Crippen LogP contribution is 2.23. The third-order valence-electron chi connectivity index (χ3n) is 3.08. The minimum atomic E-state index is -3.33. The summed E-state index contributed by atoms with van der Waals surface area (Å²) in [6.07, 6.45) is 1.08. The van der Waals surface area contributed by atoms with Crippen molar-refractivity contribution in [3.8, 4) is 0 Å². The first-order valence-electron chi connectivity index (χ1n) is 6.90. The van der Waals surface area contributed by atoms with Gasteiger partial charge in [0.2, 0.25) is 10.0 Å². The van der Waals surface area contributed by atoms with Crippen molar-refractivity contribution in [1.82, 2.24) is 4.90 Å². The minimum Gasteiger partial charge on any atom is -0.334 e. The first-order valence-corrected chi connectivity index (χ1v) is 9.98. The molecule has 0 spiro atoms. The Morgan fingerprint density at radius 2 is 1.87 bits per heavy atom. The van der Waals surface area contributed by atoms with E-state index in [-0.39, 0.29) is 5.91 Å². The monoisotopic (exact) mass is 372 g/mol. The van der Waals surface area contributed by atoms with Crippen molar-refractivity contribution in [2.24, 2.45) is 0 Å². The summed E-state index contributed by atoms with van der Waals surface area (Å²) < 4.78 is 25.4. The Hall–Kier alpha value is -1.57. The van der Waals surface area contributed by atoms with Crippen molar-refractivity contribution in [1.29, 1.82) is 0 Å². The summed E-state index contributed by atoms with van der Waals surface area (Å²) >= 11 is 7.36. The molecule has 1 N–H and O–H groups in total. The summed E-state index contributed by atoms with van der Waals surface area (Å²) in [5.41, 5.74) is 0.936. The van der Waals surface area contributed by atoms with Gasteiger partial charge in [-0.2, -0.15) is 0 Å². The molecule has 124 valence electrons. The van der Waals surface area contributed by atoms with Crippen molar-refractivity contribution in [3.63, 3.8) is 0 Å². The molecule has 0 saturated carbocycles. The maximum Gasteiger partial charge on any atom is 0.254 e.